The zero-order chi connectivity index (χ0) is 21.8. The molecule has 4 rings (SSSR count). The van der Waals surface area contributed by atoms with Gasteiger partial charge in [-0.05, 0) is 23.6 Å². The Labute approximate surface area is 193 Å². The number of thioether (sulfide) groups is 1. The molecular weight excluding hydrogens is 450 g/mol. The van der Waals surface area contributed by atoms with Crippen LogP contribution >= 0.6 is 35.3 Å². The van der Waals surface area contributed by atoms with E-state index in [4.69, 9.17) is 17.0 Å². The van der Waals surface area contributed by atoms with Crippen LogP contribution in [0.4, 0.5) is 0 Å². The highest BCUT2D eigenvalue weighted by Crippen LogP contribution is 2.34. The fourth-order valence-corrected chi connectivity index (χ4v) is 5.29. The molecule has 1 aliphatic heterocycles. The van der Waals surface area contributed by atoms with Crippen molar-refractivity contribution in [2.24, 2.45) is 0 Å². The second-order valence-electron chi connectivity index (χ2n) is 6.91. The number of thiocarbonyl (C=S) groups is 1. The van der Waals surface area contributed by atoms with Crippen molar-refractivity contribution in [1.29, 1.82) is 0 Å². The van der Waals surface area contributed by atoms with Crippen LogP contribution in [0.5, 0.6) is 0 Å². The number of hydrogen-bond acceptors (Lipinski definition) is 6. The molecule has 6 nitrogen and oxygen atoms in total. The topological polar surface area (TPSA) is 63.6 Å². The molecule has 1 saturated heterocycles. The molecule has 1 N–H and O–H groups in total. The van der Waals surface area contributed by atoms with E-state index in [-0.39, 0.29) is 18.4 Å². The van der Waals surface area contributed by atoms with Gasteiger partial charge in [0.15, 0.2) is 0 Å². The summed E-state index contributed by atoms with van der Waals surface area (Å²) in [6.45, 7) is 1.59. The normalized spacial score (nSPS) is 15.4. The summed E-state index contributed by atoms with van der Waals surface area (Å²) in [7, 11) is 1.60. The number of hydrogen-bond donors (Lipinski definition) is 1. The second-order valence-corrected chi connectivity index (χ2v) is 9.62. The summed E-state index contributed by atoms with van der Waals surface area (Å²) >= 11 is 8.27. The predicted octanol–water partition coefficient (Wildman–Crippen LogP) is 3.87. The zero-order valence-electron chi connectivity index (χ0n) is 16.9. The van der Waals surface area contributed by atoms with Crippen molar-refractivity contribution < 1.29 is 14.3 Å². The summed E-state index contributed by atoms with van der Waals surface area (Å²) in [5.41, 5.74) is 1.82. The molecule has 160 valence electrons. The molecular formula is C22H21N3O3S3. The van der Waals surface area contributed by atoms with E-state index < -0.39 is 0 Å². The number of para-hydroxylation sites is 1. The summed E-state index contributed by atoms with van der Waals surface area (Å²) in [6, 6.07) is 11.8. The van der Waals surface area contributed by atoms with Gasteiger partial charge in [-0.2, -0.15) is 0 Å². The Bertz CT molecular complexity index is 1150. The third kappa shape index (κ3) is 4.90. The Morgan fingerprint density at radius 1 is 1.26 bits per heavy atom. The van der Waals surface area contributed by atoms with Crippen LogP contribution in [-0.2, 0) is 27.4 Å². The molecule has 1 aromatic carbocycles. The third-order valence-corrected chi connectivity index (χ3v) is 7.11. The monoisotopic (exact) mass is 471 g/mol. The molecule has 0 aliphatic carbocycles. The lowest BCUT2D eigenvalue weighted by Crippen LogP contribution is -2.31. The number of benzene rings is 1. The lowest BCUT2D eigenvalue weighted by molar-refractivity contribution is -0.123. The SMILES string of the molecule is COCCN1C(=O)/C(=C/c2cn(CC(=O)NCc3cccs3)c3ccccc23)SC1=S. The van der Waals surface area contributed by atoms with Gasteiger partial charge in [0.1, 0.15) is 10.9 Å². The Hall–Kier alpha value is -2.46. The van der Waals surface area contributed by atoms with E-state index in [9.17, 15) is 9.59 Å². The van der Waals surface area contributed by atoms with Crippen molar-refractivity contribution in [2.75, 3.05) is 20.3 Å². The summed E-state index contributed by atoms with van der Waals surface area (Å²) in [6.07, 6.45) is 3.77. The first kappa shape index (κ1) is 21.8. The number of rotatable bonds is 8. The smallest absolute Gasteiger partial charge is 0.266 e. The van der Waals surface area contributed by atoms with E-state index in [1.54, 1.807) is 23.3 Å². The van der Waals surface area contributed by atoms with Gasteiger partial charge in [0.2, 0.25) is 5.91 Å². The van der Waals surface area contributed by atoms with Crippen LogP contribution in [0.15, 0.2) is 52.9 Å². The summed E-state index contributed by atoms with van der Waals surface area (Å²) in [5, 5.41) is 5.93. The number of nitrogens with zero attached hydrogens (tertiary/aromatic N) is 2. The fraction of sp³-hybridized carbons (Fsp3) is 0.227. The van der Waals surface area contributed by atoms with Crippen LogP contribution in [0.25, 0.3) is 17.0 Å². The van der Waals surface area contributed by atoms with Gasteiger partial charge >= 0.3 is 0 Å². The maximum Gasteiger partial charge on any atom is 0.266 e. The number of carbonyl (C=O) groups excluding carboxylic acids is 2. The summed E-state index contributed by atoms with van der Waals surface area (Å²) in [4.78, 5) is 28.5. The number of carbonyl (C=O) groups is 2. The van der Waals surface area contributed by atoms with Crippen LogP contribution in [0.2, 0.25) is 0 Å². The van der Waals surface area contributed by atoms with Gasteiger partial charge in [-0.1, -0.05) is 48.2 Å². The third-order valence-electron chi connectivity index (χ3n) is 4.85. The van der Waals surface area contributed by atoms with Crippen LogP contribution in [-0.4, -0.2) is 45.9 Å². The van der Waals surface area contributed by atoms with E-state index in [2.05, 4.69) is 5.32 Å². The summed E-state index contributed by atoms with van der Waals surface area (Å²) < 4.78 is 7.52. The quantitative estimate of drug-likeness (QED) is 0.399. The maximum atomic E-state index is 12.8. The number of methoxy groups -OCH3 is 1. The standard InChI is InChI=1S/C22H21N3O3S3/c1-28-9-8-25-21(27)19(31-22(25)29)11-15-13-24(18-7-3-2-6-17(15)18)14-20(26)23-12-16-5-4-10-30-16/h2-7,10-11,13H,8-9,12,14H2,1H3,(H,23,26)/b19-11-. The number of ether oxygens (including phenoxy) is 1. The van der Waals surface area contributed by atoms with E-state index in [1.165, 1.54) is 11.8 Å². The molecule has 0 unspecified atom stereocenters. The lowest BCUT2D eigenvalue weighted by Gasteiger charge is -2.12. The van der Waals surface area contributed by atoms with Gasteiger partial charge in [-0.25, -0.2) is 0 Å². The van der Waals surface area contributed by atoms with Crippen LogP contribution in [0.3, 0.4) is 0 Å². The number of nitrogens with one attached hydrogen (secondary N) is 1. The van der Waals surface area contributed by atoms with Crippen LogP contribution in [0, 0.1) is 0 Å². The van der Waals surface area contributed by atoms with Gasteiger partial charge < -0.3 is 14.6 Å². The van der Waals surface area contributed by atoms with E-state index in [0.29, 0.717) is 28.9 Å². The Morgan fingerprint density at radius 3 is 2.87 bits per heavy atom. The van der Waals surface area contributed by atoms with Gasteiger partial charge in [0, 0.05) is 34.7 Å². The largest absolute Gasteiger partial charge is 0.383 e. The number of aromatic nitrogens is 1. The molecule has 0 saturated carbocycles. The van der Waals surface area contributed by atoms with Gasteiger partial charge in [-0.15, -0.1) is 11.3 Å². The first-order valence-corrected chi connectivity index (χ1v) is 11.8. The van der Waals surface area contributed by atoms with E-state index in [0.717, 1.165) is 21.3 Å². The molecule has 9 heteroatoms. The van der Waals surface area contributed by atoms with Crippen molar-refractivity contribution >= 4 is 68.4 Å². The minimum atomic E-state index is -0.113. The number of amides is 2. The first-order valence-electron chi connectivity index (χ1n) is 9.68. The summed E-state index contributed by atoms with van der Waals surface area (Å²) in [5.74, 6) is -0.177. The molecule has 31 heavy (non-hydrogen) atoms. The minimum absolute atomic E-state index is 0.0633. The molecule has 0 radical (unpaired) electrons. The molecule has 3 aromatic rings. The fourth-order valence-electron chi connectivity index (χ4n) is 3.35. The minimum Gasteiger partial charge on any atom is -0.383 e. The molecule has 2 amide bonds. The Balaban J connectivity index is 1.55. The van der Waals surface area contributed by atoms with Crippen molar-refractivity contribution in [3.63, 3.8) is 0 Å². The molecule has 1 aliphatic rings. The van der Waals surface area contributed by atoms with Crippen molar-refractivity contribution in [1.82, 2.24) is 14.8 Å². The van der Waals surface area contributed by atoms with E-state index in [1.807, 2.05) is 58.6 Å². The van der Waals surface area contributed by atoms with Crippen LogP contribution in [0.1, 0.15) is 10.4 Å². The average Bonchev–Trinajstić information content (AvgIpc) is 3.46. The van der Waals surface area contributed by atoms with Crippen molar-refractivity contribution in [2.45, 2.75) is 13.1 Å². The lowest BCUT2D eigenvalue weighted by atomic mass is 10.1. The van der Waals surface area contributed by atoms with Gasteiger partial charge in [0.05, 0.1) is 24.6 Å². The Kier molecular flexibility index (Phi) is 6.86. The molecule has 1 fully saturated rings. The van der Waals surface area contributed by atoms with Crippen LogP contribution < -0.4 is 5.32 Å². The predicted molar refractivity (Wildman–Crippen MR) is 130 cm³/mol. The molecule has 0 atom stereocenters. The van der Waals surface area contributed by atoms with E-state index >= 15 is 0 Å². The highest BCUT2D eigenvalue weighted by atomic mass is 32.2. The average molecular weight is 472 g/mol. The zero-order valence-corrected chi connectivity index (χ0v) is 19.3. The highest BCUT2D eigenvalue weighted by molar-refractivity contribution is 8.26. The molecule has 2 aromatic heterocycles. The van der Waals surface area contributed by atoms with Gasteiger partial charge in [0.25, 0.3) is 5.91 Å². The van der Waals surface area contributed by atoms with Crippen molar-refractivity contribution in [3.05, 3.63) is 63.3 Å². The molecule has 0 spiro atoms. The first-order chi connectivity index (χ1) is 15.1. The number of thiophene rings is 1. The van der Waals surface area contributed by atoms with Gasteiger partial charge in [-0.3, -0.25) is 14.5 Å². The highest BCUT2D eigenvalue weighted by Gasteiger charge is 2.31. The van der Waals surface area contributed by atoms with Crippen molar-refractivity contribution in [3.8, 4) is 0 Å². The molecule has 3 heterocycles. The Morgan fingerprint density at radius 2 is 2.10 bits per heavy atom. The number of fused-ring (bicyclic) bond motifs is 1. The maximum absolute atomic E-state index is 12.8. The second kappa shape index (κ2) is 9.78. The molecule has 0 bridgehead atoms.